The molecule has 0 N–H and O–H groups in total. The van der Waals surface area contributed by atoms with Crippen molar-refractivity contribution in [2.75, 3.05) is 26.2 Å². The molecular weight excluding hydrogens is 341 g/mol. The Bertz CT molecular complexity index is 786. The number of carbonyl (C=O) groups excluding carboxylic acids is 1. The highest BCUT2D eigenvalue weighted by Gasteiger charge is 2.21. The standard InChI is InChI=1S/C17H20FN5O3/c18-15-3-1-2-14(12-15)13-20-8-10-21(11-9-20)17(24)5-7-22-6-4-16(19-22)23(25)26/h1-4,6,12H,5,7-11,13H2. The maximum atomic E-state index is 13.2. The van der Waals surface area contributed by atoms with Gasteiger partial charge in [0.15, 0.2) is 0 Å². The van der Waals surface area contributed by atoms with Gasteiger partial charge in [-0.05, 0) is 22.6 Å². The van der Waals surface area contributed by atoms with Crippen molar-refractivity contribution < 1.29 is 14.1 Å². The van der Waals surface area contributed by atoms with E-state index in [-0.39, 0.29) is 24.0 Å². The van der Waals surface area contributed by atoms with Crippen molar-refractivity contribution in [3.63, 3.8) is 0 Å². The van der Waals surface area contributed by atoms with Crippen molar-refractivity contribution in [2.24, 2.45) is 0 Å². The quantitative estimate of drug-likeness (QED) is 0.577. The molecule has 0 spiro atoms. The molecule has 0 bridgehead atoms. The molecule has 0 aliphatic carbocycles. The van der Waals surface area contributed by atoms with Crippen molar-refractivity contribution in [1.29, 1.82) is 0 Å². The molecular formula is C17H20FN5O3. The number of nitro groups is 1. The van der Waals surface area contributed by atoms with Gasteiger partial charge in [-0.1, -0.05) is 12.1 Å². The predicted molar refractivity (Wildman–Crippen MR) is 91.8 cm³/mol. The molecule has 1 aromatic carbocycles. The normalized spacial score (nSPS) is 15.2. The zero-order chi connectivity index (χ0) is 18.5. The number of aromatic nitrogens is 2. The van der Waals surface area contributed by atoms with Crippen LogP contribution in [0.1, 0.15) is 12.0 Å². The number of hydrogen-bond acceptors (Lipinski definition) is 5. The topological polar surface area (TPSA) is 84.5 Å². The van der Waals surface area contributed by atoms with Crippen LogP contribution in [0, 0.1) is 15.9 Å². The first-order chi connectivity index (χ1) is 12.5. The van der Waals surface area contributed by atoms with Crippen LogP contribution in [-0.2, 0) is 17.9 Å². The average molecular weight is 361 g/mol. The summed E-state index contributed by atoms with van der Waals surface area (Å²) in [6.45, 7) is 3.68. The fraction of sp³-hybridized carbons (Fsp3) is 0.412. The fourth-order valence-electron chi connectivity index (χ4n) is 2.99. The van der Waals surface area contributed by atoms with Crippen LogP contribution in [0.15, 0.2) is 36.5 Å². The second-order valence-electron chi connectivity index (χ2n) is 6.23. The molecule has 0 atom stereocenters. The van der Waals surface area contributed by atoms with E-state index in [2.05, 4.69) is 10.00 Å². The maximum absolute atomic E-state index is 13.2. The largest absolute Gasteiger partial charge is 0.389 e. The first-order valence-corrected chi connectivity index (χ1v) is 8.44. The highest BCUT2D eigenvalue weighted by Crippen LogP contribution is 2.11. The first-order valence-electron chi connectivity index (χ1n) is 8.44. The highest BCUT2D eigenvalue weighted by molar-refractivity contribution is 5.76. The third kappa shape index (κ3) is 4.63. The van der Waals surface area contributed by atoms with E-state index in [0.29, 0.717) is 26.2 Å². The van der Waals surface area contributed by atoms with Gasteiger partial charge in [-0.15, -0.1) is 0 Å². The smallest absolute Gasteiger partial charge is 0.358 e. The molecule has 8 nitrogen and oxygen atoms in total. The first kappa shape index (κ1) is 18.0. The summed E-state index contributed by atoms with van der Waals surface area (Å²) in [5, 5.41) is 14.4. The van der Waals surface area contributed by atoms with Crippen LogP contribution in [0.5, 0.6) is 0 Å². The van der Waals surface area contributed by atoms with Crippen LogP contribution < -0.4 is 0 Å². The van der Waals surface area contributed by atoms with E-state index in [4.69, 9.17) is 0 Å². The van der Waals surface area contributed by atoms with Crippen LogP contribution in [0.4, 0.5) is 10.2 Å². The summed E-state index contributed by atoms with van der Waals surface area (Å²) < 4.78 is 14.7. The number of piperazine rings is 1. The molecule has 0 radical (unpaired) electrons. The van der Waals surface area contributed by atoms with E-state index in [9.17, 15) is 19.3 Å². The van der Waals surface area contributed by atoms with Gasteiger partial charge in [0, 0.05) is 39.1 Å². The average Bonchev–Trinajstić information content (AvgIpc) is 3.10. The van der Waals surface area contributed by atoms with Crippen LogP contribution in [-0.4, -0.2) is 56.6 Å². The Morgan fingerprint density at radius 3 is 2.65 bits per heavy atom. The Balaban J connectivity index is 1.43. The SMILES string of the molecule is O=C(CCn1ccc([N+](=O)[O-])n1)N1CCN(Cc2cccc(F)c2)CC1. The zero-order valence-electron chi connectivity index (χ0n) is 14.3. The summed E-state index contributed by atoms with van der Waals surface area (Å²) in [6, 6.07) is 7.86. The lowest BCUT2D eigenvalue weighted by Gasteiger charge is -2.34. The molecule has 1 aliphatic heterocycles. The van der Waals surface area contributed by atoms with Crippen molar-refractivity contribution in [3.8, 4) is 0 Å². The number of hydrogen-bond donors (Lipinski definition) is 0. The van der Waals surface area contributed by atoms with Gasteiger partial charge in [-0.25, -0.2) is 4.39 Å². The van der Waals surface area contributed by atoms with Crippen molar-refractivity contribution in [2.45, 2.75) is 19.5 Å². The van der Waals surface area contributed by atoms with Crippen molar-refractivity contribution in [1.82, 2.24) is 19.6 Å². The molecule has 1 aliphatic rings. The summed E-state index contributed by atoms with van der Waals surface area (Å²) in [5.74, 6) is -0.452. The molecule has 9 heteroatoms. The lowest BCUT2D eigenvalue weighted by molar-refractivity contribution is -0.389. The maximum Gasteiger partial charge on any atom is 0.389 e. The molecule has 0 saturated carbocycles. The molecule has 1 fully saturated rings. The van der Waals surface area contributed by atoms with E-state index >= 15 is 0 Å². The third-order valence-corrected chi connectivity index (χ3v) is 4.39. The molecule has 0 unspecified atom stereocenters. The van der Waals surface area contributed by atoms with Crippen molar-refractivity contribution >= 4 is 11.7 Å². The van der Waals surface area contributed by atoms with E-state index in [1.807, 2.05) is 6.07 Å². The lowest BCUT2D eigenvalue weighted by atomic mass is 10.2. The number of amides is 1. The van der Waals surface area contributed by atoms with Crippen LogP contribution >= 0.6 is 0 Å². The fourth-order valence-corrected chi connectivity index (χ4v) is 2.99. The Hall–Kier alpha value is -2.81. The van der Waals surface area contributed by atoms with Gasteiger partial charge >= 0.3 is 5.82 Å². The Labute approximate surface area is 150 Å². The second-order valence-corrected chi connectivity index (χ2v) is 6.23. The zero-order valence-corrected chi connectivity index (χ0v) is 14.3. The summed E-state index contributed by atoms with van der Waals surface area (Å²) in [5.41, 5.74) is 0.921. The van der Waals surface area contributed by atoms with E-state index in [1.165, 1.54) is 29.1 Å². The molecule has 138 valence electrons. The molecule has 2 heterocycles. The number of rotatable bonds is 6. The Morgan fingerprint density at radius 1 is 1.23 bits per heavy atom. The molecule has 26 heavy (non-hydrogen) atoms. The van der Waals surface area contributed by atoms with Gasteiger partial charge in [0.25, 0.3) is 0 Å². The van der Waals surface area contributed by atoms with Gasteiger partial charge in [0.05, 0.1) is 23.9 Å². The van der Waals surface area contributed by atoms with E-state index in [1.54, 1.807) is 11.0 Å². The molecule has 3 rings (SSSR count). The highest BCUT2D eigenvalue weighted by atomic mass is 19.1. The monoisotopic (exact) mass is 361 g/mol. The Morgan fingerprint density at radius 2 is 2.00 bits per heavy atom. The van der Waals surface area contributed by atoms with Crippen molar-refractivity contribution in [3.05, 3.63) is 58.0 Å². The van der Waals surface area contributed by atoms with Gasteiger partial charge in [-0.2, -0.15) is 4.68 Å². The minimum Gasteiger partial charge on any atom is -0.358 e. The minimum absolute atomic E-state index is 0.00792. The van der Waals surface area contributed by atoms with Gasteiger partial charge < -0.3 is 15.0 Å². The molecule has 2 aromatic rings. The number of carbonyl (C=O) groups is 1. The minimum atomic E-state index is -0.559. The van der Waals surface area contributed by atoms with Crippen LogP contribution in [0.25, 0.3) is 0 Å². The number of halogens is 1. The summed E-state index contributed by atoms with van der Waals surface area (Å²) >= 11 is 0. The summed E-state index contributed by atoms with van der Waals surface area (Å²) in [4.78, 5) is 26.3. The third-order valence-electron chi connectivity index (χ3n) is 4.39. The van der Waals surface area contributed by atoms with E-state index < -0.39 is 4.92 Å². The van der Waals surface area contributed by atoms with Crippen LogP contribution in [0.2, 0.25) is 0 Å². The van der Waals surface area contributed by atoms with Gasteiger partial charge in [-0.3, -0.25) is 9.69 Å². The second kappa shape index (κ2) is 8.05. The summed E-state index contributed by atoms with van der Waals surface area (Å²) in [6.07, 6.45) is 1.76. The lowest BCUT2D eigenvalue weighted by Crippen LogP contribution is -2.48. The number of aryl methyl sites for hydroxylation is 1. The van der Waals surface area contributed by atoms with E-state index in [0.717, 1.165) is 18.7 Å². The molecule has 1 saturated heterocycles. The molecule has 1 amide bonds. The van der Waals surface area contributed by atoms with Gasteiger partial charge in [0.1, 0.15) is 5.82 Å². The number of nitrogens with zero attached hydrogens (tertiary/aromatic N) is 5. The Kier molecular flexibility index (Phi) is 5.57. The van der Waals surface area contributed by atoms with Gasteiger partial charge in [0.2, 0.25) is 5.91 Å². The summed E-state index contributed by atoms with van der Waals surface area (Å²) in [7, 11) is 0. The predicted octanol–water partition coefficient (Wildman–Crippen LogP) is 1.66. The number of benzene rings is 1. The molecule has 1 aromatic heterocycles. The van der Waals surface area contributed by atoms with Crippen LogP contribution in [0.3, 0.4) is 0 Å².